The van der Waals surface area contributed by atoms with Gasteiger partial charge in [-0.05, 0) is 20.8 Å². The summed E-state index contributed by atoms with van der Waals surface area (Å²) < 4.78 is 7.60. The molecule has 5 nitrogen and oxygen atoms in total. The lowest BCUT2D eigenvalue weighted by molar-refractivity contribution is -0.0751. The highest BCUT2D eigenvalue weighted by molar-refractivity contribution is 5.62. The molecule has 0 amide bonds. The first-order valence-electron chi connectivity index (χ1n) is 5.59. The Morgan fingerprint density at radius 2 is 2.25 bits per heavy atom. The molecule has 1 saturated heterocycles. The molecule has 1 atom stereocenters. The number of nitrogens with zero attached hydrogens (tertiary/aromatic N) is 3. The van der Waals surface area contributed by atoms with Crippen LogP contribution in [0.15, 0.2) is 6.20 Å². The summed E-state index contributed by atoms with van der Waals surface area (Å²) in [5.74, 6) is 0.866. The van der Waals surface area contributed by atoms with Crippen LogP contribution in [0, 0.1) is 0 Å². The lowest BCUT2D eigenvalue weighted by Gasteiger charge is -2.42. The maximum absolute atomic E-state index is 5.94. The minimum atomic E-state index is -0.151. The number of nitrogens with two attached hydrogens (primary N) is 1. The molecule has 5 heteroatoms. The molecule has 0 aliphatic carbocycles. The average molecular weight is 224 g/mol. The van der Waals surface area contributed by atoms with Crippen molar-refractivity contribution in [3.8, 4) is 0 Å². The van der Waals surface area contributed by atoms with E-state index in [1.807, 2.05) is 13.2 Å². The number of hydrogen-bond acceptors (Lipinski definition) is 4. The molecular weight excluding hydrogens is 204 g/mol. The van der Waals surface area contributed by atoms with Crippen molar-refractivity contribution in [2.45, 2.75) is 32.5 Å². The van der Waals surface area contributed by atoms with Crippen molar-refractivity contribution in [2.75, 3.05) is 23.7 Å². The molecule has 1 aromatic rings. The van der Waals surface area contributed by atoms with Crippen LogP contribution in [0.1, 0.15) is 20.8 Å². The molecule has 2 heterocycles. The number of anilines is 2. The molecule has 0 spiro atoms. The Balaban J connectivity index is 2.24. The maximum atomic E-state index is 5.94. The monoisotopic (exact) mass is 224 g/mol. The quantitative estimate of drug-likeness (QED) is 0.773. The van der Waals surface area contributed by atoms with E-state index in [1.54, 1.807) is 4.68 Å². The second kappa shape index (κ2) is 3.66. The van der Waals surface area contributed by atoms with E-state index in [0.29, 0.717) is 0 Å². The Morgan fingerprint density at radius 3 is 2.75 bits per heavy atom. The molecule has 2 rings (SSSR count). The number of rotatable bonds is 1. The van der Waals surface area contributed by atoms with Crippen molar-refractivity contribution in [3.63, 3.8) is 0 Å². The summed E-state index contributed by atoms with van der Waals surface area (Å²) in [6.07, 6.45) is 2.03. The fraction of sp³-hybridized carbons (Fsp3) is 0.727. The molecule has 0 radical (unpaired) electrons. The summed E-state index contributed by atoms with van der Waals surface area (Å²) in [5, 5.41) is 4.40. The third-order valence-electron chi connectivity index (χ3n) is 2.71. The standard InChI is InChI=1S/C11H20N4O/c1-8-5-15(7-11(2,3)16-8)10-9(12)6-14(4)13-10/h6,8H,5,7,12H2,1-4H3. The second-order valence-electron chi connectivity index (χ2n) is 5.15. The molecule has 90 valence electrons. The molecule has 2 N–H and O–H groups in total. The maximum Gasteiger partial charge on any atom is 0.174 e. The number of nitrogen functional groups attached to an aromatic ring is 1. The predicted octanol–water partition coefficient (Wildman–Crippen LogP) is 1.01. The Hall–Kier alpha value is -1.23. The van der Waals surface area contributed by atoms with Gasteiger partial charge >= 0.3 is 0 Å². The lowest BCUT2D eigenvalue weighted by atomic mass is 10.1. The minimum Gasteiger partial charge on any atom is -0.394 e. The Bertz CT molecular complexity index is 385. The molecule has 16 heavy (non-hydrogen) atoms. The van der Waals surface area contributed by atoms with Crippen LogP contribution in [0.3, 0.4) is 0 Å². The van der Waals surface area contributed by atoms with Crippen LogP contribution in [0.4, 0.5) is 11.5 Å². The van der Waals surface area contributed by atoms with Gasteiger partial charge in [-0.2, -0.15) is 5.10 Å². The second-order valence-corrected chi connectivity index (χ2v) is 5.15. The van der Waals surface area contributed by atoms with E-state index >= 15 is 0 Å². The third-order valence-corrected chi connectivity index (χ3v) is 2.71. The fourth-order valence-corrected chi connectivity index (χ4v) is 2.36. The zero-order valence-corrected chi connectivity index (χ0v) is 10.4. The van der Waals surface area contributed by atoms with Crippen molar-refractivity contribution in [3.05, 3.63) is 6.20 Å². The Labute approximate surface area is 96.2 Å². The van der Waals surface area contributed by atoms with Crippen LogP contribution >= 0.6 is 0 Å². The normalized spacial score (nSPS) is 24.8. The summed E-state index contributed by atoms with van der Waals surface area (Å²) in [7, 11) is 1.88. The average Bonchev–Trinajstić information content (AvgIpc) is 2.41. The smallest absolute Gasteiger partial charge is 0.174 e. The summed E-state index contributed by atoms with van der Waals surface area (Å²) in [4.78, 5) is 2.20. The van der Waals surface area contributed by atoms with Gasteiger partial charge in [0.15, 0.2) is 5.82 Å². The predicted molar refractivity (Wildman–Crippen MR) is 64.5 cm³/mol. The zero-order valence-electron chi connectivity index (χ0n) is 10.4. The van der Waals surface area contributed by atoms with Crippen molar-refractivity contribution >= 4 is 11.5 Å². The minimum absolute atomic E-state index is 0.151. The van der Waals surface area contributed by atoms with Crippen LogP contribution in [-0.4, -0.2) is 34.6 Å². The van der Waals surface area contributed by atoms with E-state index in [9.17, 15) is 0 Å². The number of aromatic nitrogens is 2. The van der Waals surface area contributed by atoms with Gasteiger partial charge in [0, 0.05) is 26.3 Å². The van der Waals surface area contributed by atoms with Gasteiger partial charge in [-0.1, -0.05) is 0 Å². The van der Waals surface area contributed by atoms with Gasteiger partial charge in [-0.25, -0.2) is 0 Å². The van der Waals surface area contributed by atoms with Gasteiger partial charge in [0.2, 0.25) is 0 Å². The Kier molecular flexibility index (Phi) is 2.58. The zero-order chi connectivity index (χ0) is 11.9. The van der Waals surface area contributed by atoms with E-state index in [2.05, 4.69) is 30.8 Å². The first kappa shape index (κ1) is 11.3. The van der Waals surface area contributed by atoms with Crippen LogP contribution in [-0.2, 0) is 11.8 Å². The highest BCUT2D eigenvalue weighted by atomic mass is 16.5. The van der Waals surface area contributed by atoms with Crippen molar-refractivity contribution in [1.82, 2.24) is 9.78 Å². The third kappa shape index (κ3) is 2.14. The molecule has 1 aliphatic rings. The SMILES string of the molecule is CC1CN(c2nn(C)cc2N)CC(C)(C)O1. The van der Waals surface area contributed by atoms with E-state index < -0.39 is 0 Å². The molecule has 0 saturated carbocycles. The van der Waals surface area contributed by atoms with Crippen LogP contribution in [0.25, 0.3) is 0 Å². The topological polar surface area (TPSA) is 56.3 Å². The van der Waals surface area contributed by atoms with Crippen molar-refractivity contribution in [1.29, 1.82) is 0 Å². The molecular formula is C11H20N4O. The van der Waals surface area contributed by atoms with E-state index in [1.165, 1.54) is 0 Å². The van der Waals surface area contributed by atoms with E-state index in [4.69, 9.17) is 10.5 Å². The van der Waals surface area contributed by atoms with E-state index in [0.717, 1.165) is 24.6 Å². The Morgan fingerprint density at radius 1 is 1.56 bits per heavy atom. The summed E-state index contributed by atoms with van der Waals surface area (Å²) in [6, 6.07) is 0. The van der Waals surface area contributed by atoms with Gasteiger partial charge in [0.05, 0.1) is 17.4 Å². The van der Waals surface area contributed by atoms with Crippen LogP contribution in [0.2, 0.25) is 0 Å². The first-order valence-corrected chi connectivity index (χ1v) is 5.59. The number of ether oxygens (including phenoxy) is 1. The molecule has 1 fully saturated rings. The lowest BCUT2D eigenvalue weighted by Crippen LogP contribution is -2.52. The van der Waals surface area contributed by atoms with Gasteiger partial charge in [-0.15, -0.1) is 0 Å². The highest BCUT2D eigenvalue weighted by Gasteiger charge is 2.33. The number of morpholine rings is 1. The van der Waals surface area contributed by atoms with Crippen molar-refractivity contribution in [2.24, 2.45) is 7.05 Å². The summed E-state index contributed by atoms with van der Waals surface area (Å²) >= 11 is 0. The molecule has 1 unspecified atom stereocenters. The summed E-state index contributed by atoms with van der Waals surface area (Å²) in [6.45, 7) is 7.92. The van der Waals surface area contributed by atoms with Gasteiger partial charge in [0.25, 0.3) is 0 Å². The molecule has 1 aliphatic heterocycles. The summed E-state index contributed by atoms with van der Waals surface area (Å²) in [5.41, 5.74) is 6.52. The fourth-order valence-electron chi connectivity index (χ4n) is 2.36. The number of aryl methyl sites for hydroxylation is 1. The first-order chi connectivity index (χ1) is 7.37. The largest absolute Gasteiger partial charge is 0.394 e. The van der Waals surface area contributed by atoms with Gasteiger partial charge < -0.3 is 15.4 Å². The van der Waals surface area contributed by atoms with Gasteiger partial charge in [-0.3, -0.25) is 4.68 Å². The number of hydrogen-bond donors (Lipinski definition) is 1. The van der Waals surface area contributed by atoms with E-state index in [-0.39, 0.29) is 11.7 Å². The van der Waals surface area contributed by atoms with Crippen LogP contribution in [0.5, 0.6) is 0 Å². The van der Waals surface area contributed by atoms with Crippen molar-refractivity contribution < 1.29 is 4.74 Å². The molecule has 0 aromatic carbocycles. The molecule has 1 aromatic heterocycles. The van der Waals surface area contributed by atoms with Crippen LogP contribution < -0.4 is 10.6 Å². The molecule has 0 bridgehead atoms. The highest BCUT2D eigenvalue weighted by Crippen LogP contribution is 2.28. The van der Waals surface area contributed by atoms with Gasteiger partial charge in [0.1, 0.15) is 0 Å².